The van der Waals surface area contributed by atoms with Gasteiger partial charge in [-0.2, -0.15) is 5.10 Å². The van der Waals surface area contributed by atoms with Gasteiger partial charge in [0.15, 0.2) is 5.69 Å². The summed E-state index contributed by atoms with van der Waals surface area (Å²) < 4.78 is 5.97. The van der Waals surface area contributed by atoms with Gasteiger partial charge in [-0.05, 0) is 19.0 Å². The number of methoxy groups -OCH3 is 1. The first-order chi connectivity index (χ1) is 7.10. The van der Waals surface area contributed by atoms with Crippen LogP contribution >= 0.6 is 0 Å². The topological polar surface area (TPSA) is 90.4 Å². The molecular formula is C9H15N3O3. The second-order valence-electron chi connectivity index (χ2n) is 3.16. The van der Waals surface area contributed by atoms with Gasteiger partial charge in [-0.1, -0.05) is 0 Å². The van der Waals surface area contributed by atoms with Crippen LogP contribution in [0.1, 0.15) is 28.7 Å². The minimum Gasteiger partial charge on any atom is -0.464 e. The first-order valence-electron chi connectivity index (χ1n) is 4.60. The zero-order valence-electron chi connectivity index (χ0n) is 8.80. The Kier molecular flexibility index (Phi) is 3.81. The van der Waals surface area contributed by atoms with Crippen LogP contribution in [-0.4, -0.2) is 34.5 Å². The molecule has 6 nitrogen and oxygen atoms in total. The highest BCUT2D eigenvalue weighted by molar-refractivity contribution is 5.87. The second kappa shape index (κ2) is 4.90. The summed E-state index contributed by atoms with van der Waals surface area (Å²) >= 11 is 0. The zero-order chi connectivity index (χ0) is 11.4. The number of nitrogens with zero attached hydrogens (tertiary/aromatic N) is 2. The van der Waals surface area contributed by atoms with Crippen molar-refractivity contribution in [2.75, 3.05) is 13.7 Å². The molecule has 1 atom stereocenters. The Hall–Kier alpha value is -1.40. The molecule has 0 saturated heterocycles. The molecule has 0 aliphatic heterocycles. The van der Waals surface area contributed by atoms with Gasteiger partial charge in [-0.3, -0.25) is 4.68 Å². The maximum Gasteiger partial charge on any atom is 0.358 e. The fraction of sp³-hybridized carbons (Fsp3) is 0.556. The molecular weight excluding hydrogens is 198 g/mol. The highest BCUT2D eigenvalue weighted by Gasteiger charge is 2.17. The summed E-state index contributed by atoms with van der Waals surface area (Å²) in [6.07, 6.45) is -0.272. The summed E-state index contributed by atoms with van der Waals surface area (Å²) in [4.78, 5) is 11.2. The molecule has 0 amide bonds. The first kappa shape index (κ1) is 11.7. The van der Waals surface area contributed by atoms with Gasteiger partial charge in [0, 0.05) is 7.05 Å². The van der Waals surface area contributed by atoms with Crippen LogP contribution in [0.5, 0.6) is 0 Å². The Morgan fingerprint density at radius 1 is 1.80 bits per heavy atom. The SMILES string of the molecule is COC(=O)c1cc([C@H](O)CCN)n(C)n1. The van der Waals surface area contributed by atoms with Crippen LogP contribution in [0.3, 0.4) is 0 Å². The Labute approximate surface area is 87.6 Å². The monoisotopic (exact) mass is 213 g/mol. The van der Waals surface area contributed by atoms with Crippen LogP contribution < -0.4 is 5.73 Å². The molecule has 1 heterocycles. The predicted octanol–water partition coefficient (Wildman–Crippen LogP) is -0.411. The first-order valence-corrected chi connectivity index (χ1v) is 4.60. The number of aliphatic hydroxyl groups is 1. The summed E-state index contributed by atoms with van der Waals surface area (Å²) in [5, 5.41) is 13.6. The maximum atomic E-state index is 11.2. The number of rotatable bonds is 4. The average molecular weight is 213 g/mol. The van der Waals surface area contributed by atoms with E-state index in [-0.39, 0.29) is 5.69 Å². The number of hydrogen-bond donors (Lipinski definition) is 2. The fourth-order valence-corrected chi connectivity index (χ4v) is 1.30. The van der Waals surface area contributed by atoms with Crippen molar-refractivity contribution in [2.45, 2.75) is 12.5 Å². The summed E-state index contributed by atoms with van der Waals surface area (Å²) in [6, 6.07) is 1.51. The van der Waals surface area contributed by atoms with E-state index in [9.17, 15) is 9.90 Å². The van der Waals surface area contributed by atoms with Gasteiger partial charge in [-0.25, -0.2) is 4.79 Å². The number of aromatic nitrogens is 2. The summed E-state index contributed by atoms with van der Waals surface area (Å²) in [6.45, 7) is 0.375. The van der Waals surface area contributed by atoms with Crippen molar-refractivity contribution in [3.63, 3.8) is 0 Å². The standard InChI is InChI=1S/C9H15N3O3/c1-12-7(8(13)3-4-10)5-6(11-12)9(14)15-2/h5,8,13H,3-4,10H2,1-2H3/t8-/m1/s1. The van der Waals surface area contributed by atoms with Crippen molar-refractivity contribution in [3.8, 4) is 0 Å². The van der Waals surface area contributed by atoms with Gasteiger partial charge in [0.2, 0.25) is 0 Å². The minimum absolute atomic E-state index is 0.186. The Morgan fingerprint density at radius 3 is 3.00 bits per heavy atom. The normalized spacial score (nSPS) is 12.5. The Bertz CT molecular complexity index is 348. The number of ether oxygens (including phenoxy) is 1. The lowest BCUT2D eigenvalue weighted by molar-refractivity contribution is 0.0593. The van der Waals surface area contributed by atoms with Crippen molar-refractivity contribution in [1.29, 1.82) is 0 Å². The third-order valence-corrected chi connectivity index (χ3v) is 2.09. The molecule has 0 fully saturated rings. The van der Waals surface area contributed by atoms with E-state index in [0.29, 0.717) is 18.7 Å². The molecule has 0 radical (unpaired) electrons. The molecule has 0 aliphatic carbocycles. The lowest BCUT2D eigenvalue weighted by atomic mass is 10.2. The number of carbonyl (C=O) groups is 1. The lowest BCUT2D eigenvalue weighted by Gasteiger charge is -2.08. The number of aryl methyl sites for hydroxylation is 1. The van der Waals surface area contributed by atoms with Crippen LogP contribution in [0.15, 0.2) is 6.07 Å². The molecule has 0 saturated carbocycles. The highest BCUT2D eigenvalue weighted by atomic mass is 16.5. The molecule has 15 heavy (non-hydrogen) atoms. The van der Waals surface area contributed by atoms with E-state index in [1.165, 1.54) is 17.9 Å². The van der Waals surface area contributed by atoms with E-state index in [1.54, 1.807) is 7.05 Å². The predicted molar refractivity (Wildman–Crippen MR) is 53.2 cm³/mol. The minimum atomic E-state index is -0.703. The van der Waals surface area contributed by atoms with E-state index in [4.69, 9.17) is 5.73 Å². The summed E-state index contributed by atoms with van der Waals surface area (Å²) in [5.74, 6) is -0.517. The van der Waals surface area contributed by atoms with E-state index < -0.39 is 12.1 Å². The molecule has 1 rings (SSSR count). The Morgan fingerprint density at radius 2 is 2.47 bits per heavy atom. The van der Waals surface area contributed by atoms with Gasteiger partial charge < -0.3 is 15.6 Å². The van der Waals surface area contributed by atoms with Crippen LogP contribution in [0.4, 0.5) is 0 Å². The van der Waals surface area contributed by atoms with Crippen molar-refractivity contribution in [2.24, 2.45) is 12.8 Å². The second-order valence-corrected chi connectivity index (χ2v) is 3.16. The van der Waals surface area contributed by atoms with Crippen LogP contribution in [0, 0.1) is 0 Å². The summed E-state index contributed by atoms with van der Waals surface area (Å²) in [5.41, 5.74) is 6.07. The number of carbonyl (C=O) groups excluding carboxylic acids is 1. The lowest BCUT2D eigenvalue weighted by Crippen LogP contribution is -2.10. The average Bonchev–Trinajstić information content (AvgIpc) is 2.59. The van der Waals surface area contributed by atoms with Crippen molar-refractivity contribution in [1.82, 2.24) is 9.78 Å². The van der Waals surface area contributed by atoms with Gasteiger partial charge in [0.05, 0.1) is 18.9 Å². The van der Waals surface area contributed by atoms with Crippen LogP contribution in [0.25, 0.3) is 0 Å². The number of nitrogens with two attached hydrogens (primary N) is 1. The van der Waals surface area contributed by atoms with Gasteiger partial charge in [0.1, 0.15) is 0 Å². The van der Waals surface area contributed by atoms with Gasteiger partial charge >= 0.3 is 5.97 Å². The number of aliphatic hydroxyl groups excluding tert-OH is 1. The zero-order valence-corrected chi connectivity index (χ0v) is 8.80. The largest absolute Gasteiger partial charge is 0.464 e. The third kappa shape index (κ3) is 2.54. The molecule has 3 N–H and O–H groups in total. The molecule has 0 unspecified atom stereocenters. The molecule has 0 spiro atoms. The Balaban J connectivity index is 2.90. The highest BCUT2D eigenvalue weighted by Crippen LogP contribution is 2.16. The van der Waals surface area contributed by atoms with E-state index in [0.717, 1.165) is 0 Å². The molecule has 1 aromatic heterocycles. The van der Waals surface area contributed by atoms with Crippen LogP contribution in [-0.2, 0) is 11.8 Å². The van der Waals surface area contributed by atoms with E-state index in [2.05, 4.69) is 9.84 Å². The molecule has 0 bridgehead atoms. The molecule has 0 aliphatic rings. The maximum absolute atomic E-state index is 11.2. The molecule has 1 aromatic rings. The fourth-order valence-electron chi connectivity index (χ4n) is 1.30. The van der Waals surface area contributed by atoms with E-state index >= 15 is 0 Å². The number of esters is 1. The van der Waals surface area contributed by atoms with Crippen LogP contribution in [0.2, 0.25) is 0 Å². The molecule has 84 valence electrons. The van der Waals surface area contributed by atoms with Crippen molar-refractivity contribution < 1.29 is 14.6 Å². The number of hydrogen-bond acceptors (Lipinski definition) is 5. The van der Waals surface area contributed by atoms with Gasteiger partial charge in [-0.15, -0.1) is 0 Å². The van der Waals surface area contributed by atoms with Crippen molar-refractivity contribution in [3.05, 3.63) is 17.5 Å². The molecule has 0 aromatic carbocycles. The smallest absolute Gasteiger partial charge is 0.358 e. The van der Waals surface area contributed by atoms with Crippen molar-refractivity contribution >= 4 is 5.97 Å². The van der Waals surface area contributed by atoms with E-state index in [1.807, 2.05) is 0 Å². The molecule has 6 heteroatoms. The summed E-state index contributed by atoms with van der Waals surface area (Å²) in [7, 11) is 2.94. The van der Waals surface area contributed by atoms with Gasteiger partial charge in [0.25, 0.3) is 0 Å². The quantitative estimate of drug-likeness (QED) is 0.663. The third-order valence-electron chi connectivity index (χ3n) is 2.09.